The summed E-state index contributed by atoms with van der Waals surface area (Å²) in [5.41, 5.74) is 8.37. The zero-order chi connectivity index (χ0) is 25.7. The smallest absolute Gasteiger partial charge is 0.258 e. The fraction of sp³-hybridized carbons (Fsp3) is 0.462. The monoisotopic (exact) mass is 507 g/mol. The van der Waals surface area contributed by atoms with Crippen LogP contribution in [0.2, 0.25) is 0 Å². The van der Waals surface area contributed by atoms with Gasteiger partial charge in [0.25, 0.3) is 11.8 Å². The van der Waals surface area contributed by atoms with E-state index in [4.69, 9.17) is 20.6 Å². The summed E-state index contributed by atoms with van der Waals surface area (Å²) in [4.78, 5) is 34.8. The molecule has 3 aliphatic rings. The maximum Gasteiger partial charge on any atom is 0.258 e. The highest BCUT2D eigenvalue weighted by molar-refractivity contribution is 5.97. The van der Waals surface area contributed by atoms with Crippen molar-refractivity contribution in [2.24, 2.45) is 5.73 Å². The molecule has 2 aromatic heterocycles. The second-order valence-corrected chi connectivity index (χ2v) is 10.2. The molecule has 37 heavy (non-hydrogen) atoms. The van der Waals surface area contributed by atoms with Crippen molar-refractivity contribution in [2.45, 2.75) is 43.7 Å². The Morgan fingerprint density at radius 3 is 2.81 bits per heavy atom. The SMILES string of the molecule is CN1CCNC(=O)COc2ccc(F)cc2C(=O)N2CCCCC2c2cc3nc(C4(N)CC4)cc1n3n2. The van der Waals surface area contributed by atoms with E-state index >= 15 is 0 Å². The summed E-state index contributed by atoms with van der Waals surface area (Å²) in [6.45, 7) is 1.11. The van der Waals surface area contributed by atoms with Crippen molar-refractivity contribution < 1.29 is 18.7 Å². The number of carbonyl (C=O) groups excluding carboxylic acids is 2. The van der Waals surface area contributed by atoms with Gasteiger partial charge < -0.3 is 25.6 Å². The normalized spacial score (nSPS) is 21.9. The Kier molecular flexibility index (Phi) is 5.74. The lowest BCUT2D eigenvalue weighted by atomic mass is 9.98. The van der Waals surface area contributed by atoms with Gasteiger partial charge >= 0.3 is 0 Å². The molecule has 4 heterocycles. The predicted octanol–water partition coefficient (Wildman–Crippen LogP) is 2.13. The summed E-state index contributed by atoms with van der Waals surface area (Å²) in [6.07, 6.45) is 4.23. The molecule has 10 nitrogen and oxygen atoms in total. The molecule has 1 unspecified atom stereocenters. The van der Waals surface area contributed by atoms with Gasteiger partial charge in [-0.2, -0.15) is 9.61 Å². The number of anilines is 1. The Hall–Kier alpha value is -3.73. The molecule has 1 saturated carbocycles. The highest BCUT2D eigenvalue weighted by Crippen LogP contribution is 2.43. The molecule has 3 aromatic rings. The minimum atomic E-state index is -0.545. The summed E-state index contributed by atoms with van der Waals surface area (Å²) in [5, 5.41) is 7.75. The average molecular weight is 508 g/mol. The molecule has 1 atom stereocenters. The van der Waals surface area contributed by atoms with Crippen molar-refractivity contribution >= 4 is 23.3 Å². The molecular weight excluding hydrogens is 477 g/mol. The van der Waals surface area contributed by atoms with Crippen LogP contribution in [0.25, 0.3) is 5.65 Å². The molecule has 0 radical (unpaired) electrons. The zero-order valence-electron chi connectivity index (χ0n) is 20.7. The lowest BCUT2D eigenvalue weighted by Gasteiger charge is -2.35. The quantitative estimate of drug-likeness (QED) is 0.518. The van der Waals surface area contributed by atoms with Crippen molar-refractivity contribution in [3.8, 4) is 5.75 Å². The summed E-state index contributed by atoms with van der Waals surface area (Å²) in [5.74, 6) is -0.248. The number of aromatic nitrogens is 3. The van der Waals surface area contributed by atoms with Crippen LogP contribution in [0, 0.1) is 5.82 Å². The third-order valence-electron chi connectivity index (χ3n) is 7.52. The fourth-order valence-corrected chi connectivity index (χ4v) is 5.16. The zero-order valence-corrected chi connectivity index (χ0v) is 20.7. The van der Waals surface area contributed by atoms with Crippen LogP contribution in [0.1, 0.15) is 59.9 Å². The lowest BCUT2D eigenvalue weighted by molar-refractivity contribution is -0.123. The van der Waals surface area contributed by atoms with Crippen LogP contribution in [0.5, 0.6) is 5.75 Å². The largest absolute Gasteiger partial charge is 0.483 e. The molecule has 2 aliphatic heterocycles. The predicted molar refractivity (Wildman–Crippen MR) is 134 cm³/mol. The van der Waals surface area contributed by atoms with Gasteiger partial charge in [0, 0.05) is 38.8 Å². The molecule has 2 fully saturated rings. The van der Waals surface area contributed by atoms with Crippen LogP contribution in [0.3, 0.4) is 0 Å². The Balaban J connectivity index is 1.48. The summed E-state index contributed by atoms with van der Waals surface area (Å²) < 4.78 is 21.7. The molecule has 2 amide bonds. The van der Waals surface area contributed by atoms with Crippen molar-refractivity contribution in [2.75, 3.05) is 38.2 Å². The van der Waals surface area contributed by atoms with E-state index in [0.717, 1.165) is 49.3 Å². The van der Waals surface area contributed by atoms with Crippen LogP contribution in [0.15, 0.2) is 30.3 Å². The first-order valence-corrected chi connectivity index (χ1v) is 12.7. The number of carbonyl (C=O) groups is 2. The van der Waals surface area contributed by atoms with Gasteiger partial charge in [-0.1, -0.05) is 0 Å². The number of amides is 2. The van der Waals surface area contributed by atoms with Crippen LogP contribution < -0.4 is 20.7 Å². The van der Waals surface area contributed by atoms with E-state index in [1.54, 1.807) is 9.42 Å². The van der Waals surface area contributed by atoms with E-state index in [1.807, 2.05) is 24.1 Å². The Labute approximate surface area is 213 Å². The Bertz CT molecular complexity index is 1390. The van der Waals surface area contributed by atoms with Gasteiger partial charge in [0.15, 0.2) is 12.3 Å². The van der Waals surface area contributed by atoms with Crippen molar-refractivity contribution in [3.63, 3.8) is 0 Å². The van der Waals surface area contributed by atoms with Crippen molar-refractivity contribution in [1.82, 2.24) is 24.8 Å². The highest BCUT2D eigenvalue weighted by Gasteiger charge is 2.42. The molecule has 1 aliphatic carbocycles. The molecular formula is C26H30FN7O3. The second kappa shape index (κ2) is 8.98. The fourth-order valence-electron chi connectivity index (χ4n) is 5.16. The Morgan fingerprint density at radius 1 is 1.16 bits per heavy atom. The molecule has 3 N–H and O–H groups in total. The summed E-state index contributed by atoms with van der Waals surface area (Å²) in [7, 11) is 1.93. The number of fused-ring (bicyclic) bond motifs is 4. The van der Waals surface area contributed by atoms with Crippen LogP contribution in [-0.2, 0) is 10.3 Å². The third-order valence-corrected chi connectivity index (χ3v) is 7.52. The van der Waals surface area contributed by atoms with E-state index in [2.05, 4.69) is 5.32 Å². The minimum absolute atomic E-state index is 0.0928. The van der Waals surface area contributed by atoms with Gasteiger partial charge in [0.2, 0.25) is 0 Å². The van der Waals surface area contributed by atoms with Crippen LogP contribution in [-0.4, -0.2) is 64.6 Å². The van der Waals surface area contributed by atoms with Gasteiger partial charge in [0.1, 0.15) is 17.4 Å². The van der Waals surface area contributed by atoms with Gasteiger partial charge in [-0.15, -0.1) is 0 Å². The number of nitrogens with zero attached hydrogens (tertiary/aromatic N) is 5. The first-order valence-electron chi connectivity index (χ1n) is 12.7. The maximum absolute atomic E-state index is 14.2. The third kappa shape index (κ3) is 4.37. The van der Waals surface area contributed by atoms with Gasteiger partial charge in [-0.05, 0) is 50.3 Å². The van der Waals surface area contributed by atoms with Crippen LogP contribution >= 0.6 is 0 Å². The number of benzene rings is 1. The highest BCUT2D eigenvalue weighted by atomic mass is 19.1. The first-order chi connectivity index (χ1) is 17.8. The molecule has 6 rings (SSSR count). The summed E-state index contributed by atoms with van der Waals surface area (Å²) in [6, 6.07) is 7.38. The number of hydrogen-bond acceptors (Lipinski definition) is 7. The van der Waals surface area contributed by atoms with E-state index in [9.17, 15) is 14.0 Å². The molecule has 0 spiro atoms. The first kappa shape index (κ1) is 23.7. The second-order valence-electron chi connectivity index (χ2n) is 10.2. The van der Waals surface area contributed by atoms with E-state index in [1.165, 1.54) is 18.2 Å². The Morgan fingerprint density at radius 2 is 2.00 bits per heavy atom. The molecule has 11 heteroatoms. The van der Waals surface area contributed by atoms with Gasteiger partial charge in [-0.25, -0.2) is 9.37 Å². The molecule has 1 saturated heterocycles. The van der Waals surface area contributed by atoms with Crippen LogP contribution in [0.4, 0.5) is 10.2 Å². The number of nitrogens with two attached hydrogens (primary N) is 1. The van der Waals surface area contributed by atoms with E-state index in [0.29, 0.717) is 25.3 Å². The lowest BCUT2D eigenvalue weighted by Crippen LogP contribution is -2.39. The molecule has 1 aromatic carbocycles. The molecule has 2 bridgehead atoms. The number of ether oxygens (including phenoxy) is 1. The van der Waals surface area contributed by atoms with Crippen molar-refractivity contribution in [1.29, 1.82) is 0 Å². The average Bonchev–Trinajstić information content (AvgIpc) is 3.50. The maximum atomic E-state index is 14.2. The van der Waals surface area contributed by atoms with Gasteiger partial charge in [0.05, 0.1) is 28.5 Å². The number of halogens is 1. The number of hydrogen-bond donors (Lipinski definition) is 2. The van der Waals surface area contributed by atoms with Crippen molar-refractivity contribution in [3.05, 3.63) is 53.1 Å². The topological polar surface area (TPSA) is 118 Å². The van der Waals surface area contributed by atoms with E-state index < -0.39 is 11.4 Å². The number of nitrogens with one attached hydrogen (secondary N) is 1. The number of rotatable bonds is 1. The number of piperidine rings is 1. The summed E-state index contributed by atoms with van der Waals surface area (Å²) >= 11 is 0. The standard InChI is InChI=1S/C26H30FN7O3/c1-32-11-9-29-23(35)15-37-20-6-5-16(27)12-17(20)25(36)33-10-3-2-4-19(33)18-13-22-30-21(26(28)7-8-26)14-24(32)34(22)31-18/h5-6,12-14,19H,2-4,7-11,15,28H2,1H3,(H,29,35). The number of likely N-dealkylation sites (N-methyl/N-ethyl adjacent to an activating group) is 1. The van der Waals surface area contributed by atoms with Gasteiger partial charge in [-0.3, -0.25) is 9.59 Å². The molecule has 194 valence electrons. The minimum Gasteiger partial charge on any atom is -0.483 e. The van der Waals surface area contributed by atoms with E-state index in [-0.39, 0.29) is 35.8 Å².